The van der Waals surface area contributed by atoms with Gasteiger partial charge in [-0.1, -0.05) is 30.3 Å². The van der Waals surface area contributed by atoms with Crippen molar-refractivity contribution in [3.8, 4) is 0 Å². The fourth-order valence-corrected chi connectivity index (χ4v) is 6.31. The van der Waals surface area contributed by atoms with E-state index in [2.05, 4.69) is 40.2 Å². The zero-order valence-corrected chi connectivity index (χ0v) is 18.6. The Morgan fingerprint density at radius 1 is 1.22 bits per heavy atom. The maximum absolute atomic E-state index is 12.0. The summed E-state index contributed by atoms with van der Waals surface area (Å²) in [7, 11) is 0. The molecule has 1 saturated carbocycles. The average Bonchev–Trinajstić information content (AvgIpc) is 3.38. The molecule has 3 aliphatic rings. The lowest BCUT2D eigenvalue weighted by atomic mass is 9.65. The number of hydrogen-bond donors (Lipinski definition) is 2. The van der Waals surface area contributed by atoms with Crippen LogP contribution >= 0.6 is 0 Å². The average molecular weight is 431 g/mol. The molecule has 1 spiro atoms. The Labute approximate surface area is 188 Å². The van der Waals surface area contributed by atoms with Crippen LogP contribution in [0.3, 0.4) is 0 Å². The van der Waals surface area contributed by atoms with Crippen molar-refractivity contribution in [1.82, 2.24) is 14.9 Å². The third-order valence-electron chi connectivity index (χ3n) is 7.97. The van der Waals surface area contributed by atoms with Gasteiger partial charge in [-0.2, -0.15) is 0 Å². The summed E-state index contributed by atoms with van der Waals surface area (Å²) in [4.78, 5) is 18.7. The summed E-state index contributed by atoms with van der Waals surface area (Å²) < 4.78 is 2.48. The minimum Gasteiger partial charge on any atom is -0.465 e. The third-order valence-corrected chi connectivity index (χ3v) is 7.97. The lowest BCUT2D eigenvalue weighted by Crippen LogP contribution is -2.41. The molecular formula is C26H30N4O2. The lowest BCUT2D eigenvalue weighted by molar-refractivity contribution is 0.0849. The highest BCUT2D eigenvalue weighted by Crippen LogP contribution is 2.53. The molecule has 3 aromatic rings. The number of anilines is 1. The molecule has 6 nitrogen and oxygen atoms in total. The van der Waals surface area contributed by atoms with Crippen LogP contribution in [0.2, 0.25) is 0 Å². The van der Waals surface area contributed by atoms with E-state index >= 15 is 0 Å². The Morgan fingerprint density at radius 2 is 2.03 bits per heavy atom. The maximum Gasteiger partial charge on any atom is 0.412 e. The van der Waals surface area contributed by atoms with Gasteiger partial charge in [-0.15, -0.1) is 0 Å². The lowest BCUT2D eigenvalue weighted by Gasteiger charge is -2.46. The van der Waals surface area contributed by atoms with E-state index in [1.54, 1.807) is 0 Å². The second-order valence-corrected chi connectivity index (χ2v) is 10.0. The van der Waals surface area contributed by atoms with Crippen molar-refractivity contribution in [3.63, 3.8) is 0 Å². The van der Waals surface area contributed by atoms with Gasteiger partial charge in [0, 0.05) is 30.6 Å². The molecule has 32 heavy (non-hydrogen) atoms. The standard InChI is InChI=1S/C26H30N4O2/c1-17-7-8-20-21(29(17)25(31)32)9-10-22-24(20)28-23(13-18-5-3-2-4-6-18)30(22)19-14-26(15-19)11-12-27-16-26/h2-6,9-10,17,19,27H,7-8,11-16H2,1H3,(H,31,32)/t17-,19-,26+/m0/s1. The molecule has 2 aromatic carbocycles. The van der Waals surface area contributed by atoms with E-state index in [1.807, 2.05) is 19.1 Å². The Balaban J connectivity index is 1.46. The highest BCUT2D eigenvalue weighted by atomic mass is 16.4. The fraction of sp³-hybridized carbons (Fsp3) is 0.462. The first-order chi connectivity index (χ1) is 15.5. The summed E-state index contributed by atoms with van der Waals surface area (Å²) >= 11 is 0. The smallest absolute Gasteiger partial charge is 0.412 e. The van der Waals surface area contributed by atoms with Crippen molar-refractivity contribution in [2.75, 3.05) is 18.0 Å². The summed E-state index contributed by atoms with van der Waals surface area (Å²) in [6.45, 7) is 4.25. The van der Waals surface area contributed by atoms with Crippen molar-refractivity contribution in [2.45, 2.75) is 57.5 Å². The van der Waals surface area contributed by atoms with Gasteiger partial charge in [-0.3, -0.25) is 4.90 Å². The molecule has 1 amide bonds. The highest BCUT2D eigenvalue weighted by Gasteiger charge is 2.47. The van der Waals surface area contributed by atoms with Crippen molar-refractivity contribution in [2.24, 2.45) is 5.41 Å². The van der Waals surface area contributed by atoms with Gasteiger partial charge in [0.05, 0.1) is 16.7 Å². The van der Waals surface area contributed by atoms with Crippen LogP contribution in [0.1, 0.15) is 55.6 Å². The van der Waals surface area contributed by atoms with Gasteiger partial charge in [0.25, 0.3) is 0 Å². The quantitative estimate of drug-likeness (QED) is 0.628. The highest BCUT2D eigenvalue weighted by molar-refractivity contribution is 5.94. The van der Waals surface area contributed by atoms with Crippen molar-refractivity contribution < 1.29 is 9.90 Å². The number of hydrogen-bond acceptors (Lipinski definition) is 3. The van der Waals surface area contributed by atoms with Gasteiger partial charge in [0.1, 0.15) is 5.82 Å². The monoisotopic (exact) mass is 430 g/mol. The molecule has 1 saturated heterocycles. The number of nitrogens with zero attached hydrogens (tertiary/aromatic N) is 3. The molecule has 1 aliphatic carbocycles. The summed E-state index contributed by atoms with van der Waals surface area (Å²) in [5.74, 6) is 1.10. The van der Waals surface area contributed by atoms with Gasteiger partial charge in [0.2, 0.25) is 0 Å². The molecule has 2 aliphatic heterocycles. The number of aromatic nitrogens is 2. The van der Waals surface area contributed by atoms with E-state index in [0.29, 0.717) is 11.5 Å². The van der Waals surface area contributed by atoms with Crippen LogP contribution in [0.4, 0.5) is 10.5 Å². The van der Waals surface area contributed by atoms with Crippen molar-refractivity contribution in [3.05, 3.63) is 59.4 Å². The Hall–Kier alpha value is -2.86. The molecule has 0 unspecified atom stereocenters. The Morgan fingerprint density at radius 3 is 2.75 bits per heavy atom. The zero-order chi connectivity index (χ0) is 21.9. The molecule has 1 atom stereocenters. The first-order valence-electron chi connectivity index (χ1n) is 11.8. The predicted molar refractivity (Wildman–Crippen MR) is 125 cm³/mol. The third kappa shape index (κ3) is 3.04. The minimum atomic E-state index is -0.878. The SMILES string of the molecule is C[C@H]1CCc2c(ccc3c2nc(Cc2ccccc2)n3[C@H]2C[C@]3(CCNC3)C2)N1C(=O)O. The van der Waals surface area contributed by atoms with E-state index in [9.17, 15) is 9.90 Å². The van der Waals surface area contributed by atoms with Gasteiger partial charge in [-0.25, -0.2) is 9.78 Å². The summed E-state index contributed by atoms with van der Waals surface area (Å²) in [6, 6.07) is 15.1. The van der Waals surface area contributed by atoms with Gasteiger partial charge >= 0.3 is 6.09 Å². The molecule has 1 aromatic heterocycles. The number of rotatable bonds is 3. The summed E-state index contributed by atoms with van der Waals surface area (Å²) in [5.41, 5.74) is 5.78. The topological polar surface area (TPSA) is 70.4 Å². The molecule has 0 radical (unpaired) electrons. The normalized spacial score (nSPS) is 27.0. The molecule has 2 fully saturated rings. The van der Waals surface area contributed by atoms with E-state index in [1.165, 1.54) is 35.2 Å². The Bertz CT molecular complexity index is 1170. The first kappa shape index (κ1) is 19.8. The number of aryl methyl sites for hydroxylation is 1. The number of carbonyl (C=O) groups is 1. The zero-order valence-electron chi connectivity index (χ0n) is 18.6. The first-order valence-corrected chi connectivity index (χ1v) is 11.8. The number of amides is 1. The van der Waals surface area contributed by atoms with Crippen LogP contribution in [0.5, 0.6) is 0 Å². The molecule has 6 heteroatoms. The van der Waals surface area contributed by atoms with Gasteiger partial charge in [-0.05, 0) is 68.7 Å². The maximum atomic E-state index is 12.0. The number of benzene rings is 2. The molecular weight excluding hydrogens is 400 g/mol. The number of carboxylic acid groups (broad SMARTS) is 1. The number of fused-ring (bicyclic) bond motifs is 3. The van der Waals surface area contributed by atoms with Crippen molar-refractivity contribution in [1.29, 1.82) is 0 Å². The van der Waals surface area contributed by atoms with E-state index in [-0.39, 0.29) is 6.04 Å². The molecule has 3 heterocycles. The molecule has 6 rings (SSSR count). The minimum absolute atomic E-state index is 0.00955. The van der Waals surface area contributed by atoms with Gasteiger partial charge < -0.3 is 15.0 Å². The number of imidazole rings is 1. The van der Waals surface area contributed by atoms with E-state index in [4.69, 9.17) is 4.98 Å². The predicted octanol–water partition coefficient (Wildman–Crippen LogP) is 4.76. The van der Waals surface area contributed by atoms with Crippen molar-refractivity contribution >= 4 is 22.8 Å². The van der Waals surface area contributed by atoms with E-state index < -0.39 is 6.09 Å². The molecule has 166 valence electrons. The second-order valence-electron chi connectivity index (χ2n) is 10.0. The van der Waals surface area contributed by atoms with Crippen LogP contribution in [0, 0.1) is 5.41 Å². The number of nitrogens with one attached hydrogen (secondary N) is 1. The van der Waals surface area contributed by atoms with Crippen LogP contribution in [0.25, 0.3) is 11.0 Å². The van der Waals surface area contributed by atoms with Crippen LogP contribution in [-0.4, -0.2) is 39.9 Å². The van der Waals surface area contributed by atoms with Gasteiger partial charge in [0.15, 0.2) is 0 Å². The molecule has 2 N–H and O–H groups in total. The Kier molecular flexibility index (Phi) is 4.54. The fourth-order valence-electron chi connectivity index (χ4n) is 6.31. The van der Waals surface area contributed by atoms with Crippen LogP contribution < -0.4 is 10.2 Å². The largest absolute Gasteiger partial charge is 0.465 e. The molecule has 0 bridgehead atoms. The van der Waals surface area contributed by atoms with Crippen LogP contribution in [0.15, 0.2) is 42.5 Å². The van der Waals surface area contributed by atoms with Crippen LogP contribution in [-0.2, 0) is 12.8 Å². The summed E-state index contributed by atoms with van der Waals surface area (Å²) in [6.07, 6.45) is 5.29. The summed E-state index contributed by atoms with van der Waals surface area (Å²) in [5, 5.41) is 13.4. The second kappa shape index (κ2) is 7.34. The van der Waals surface area contributed by atoms with E-state index in [0.717, 1.165) is 54.9 Å².